The van der Waals surface area contributed by atoms with Crippen LogP contribution in [-0.2, 0) is 23.9 Å². The van der Waals surface area contributed by atoms with Crippen molar-refractivity contribution in [2.24, 2.45) is 5.92 Å². The van der Waals surface area contributed by atoms with Crippen LogP contribution in [0, 0.1) is 5.92 Å². The Morgan fingerprint density at radius 3 is 2.43 bits per heavy atom. The Balaban J connectivity index is 2.78. The number of nitrogens with zero attached hydrogens (tertiary/aromatic N) is 1. The molecule has 2 atom stereocenters. The topological polar surface area (TPSA) is 112 Å². The molecule has 0 radical (unpaired) electrons. The molecule has 0 bridgehead atoms. The van der Waals surface area contributed by atoms with Crippen molar-refractivity contribution < 1.29 is 28.7 Å². The highest BCUT2D eigenvalue weighted by molar-refractivity contribution is 7.99. The average Bonchev–Trinajstić information content (AvgIpc) is 2.66. The zero-order chi connectivity index (χ0) is 20.9. The van der Waals surface area contributed by atoms with Gasteiger partial charge in [-0.3, -0.25) is 19.4 Å². The maximum atomic E-state index is 12.8. The summed E-state index contributed by atoms with van der Waals surface area (Å²) in [6.45, 7) is 5.12. The van der Waals surface area contributed by atoms with Crippen LogP contribution in [0.5, 0.6) is 0 Å². The van der Waals surface area contributed by atoms with E-state index in [2.05, 4.69) is 10.3 Å². The predicted octanol–water partition coefficient (Wildman–Crippen LogP) is 1.63. The summed E-state index contributed by atoms with van der Waals surface area (Å²) >= 11 is 1.28. The van der Waals surface area contributed by atoms with Gasteiger partial charge in [0.1, 0.15) is 6.04 Å². The molecule has 0 aliphatic carbocycles. The van der Waals surface area contributed by atoms with E-state index in [9.17, 15) is 19.2 Å². The van der Waals surface area contributed by atoms with E-state index in [1.165, 1.54) is 24.9 Å². The fraction of sp³-hybridized carbons (Fsp3) is 0.526. The Labute approximate surface area is 168 Å². The maximum Gasteiger partial charge on any atom is 0.329 e. The Hall–Kier alpha value is -2.42. The molecule has 28 heavy (non-hydrogen) atoms. The summed E-state index contributed by atoms with van der Waals surface area (Å²) in [7, 11) is 0. The Morgan fingerprint density at radius 2 is 1.86 bits per heavy atom. The van der Waals surface area contributed by atoms with Crippen LogP contribution in [0.4, 0.5) is 0 Å². The molecule has 9 heteroatoms. The standard InChI is InChI=1S/C19H26N2O6S/c1-4-26-17(23)9-15(18(24)14-7-6-8-20-10-14)11-28-12-16(21-13(3)22)19(25)27-5-2/h6-8,10,15-16H,4-5,9,11-12H2,1-3H3,(H,21,22). The summed E-state index contributed by atoms with van der Waals surface area (Å²) in [5, 5.41) is 2.54. The van der Waals surface area contributed by atoms with Gasteiger partial charge in [-0.2, -0.15) is 11.8 Å². The largest absolute Gasteiger partial charge is 0.466 e. The van der Waals surface area contributed by atoms with Crippen LogP contribution >= 0.6 is 11.8 Å². The van der Waals surface area contributed by atoms with Crippen molar-refractivity contribution in [2.45, 2.75) is 33.2 Å². The Morgan fingerprint density at radius 1 is 1.14 bits per heavy atom. The highest BCUT2D eigenvalue weighted by Gasteiger charge is 2.26. The quantitative estimate of drug-likeness (QED) is 0.409. The molecule has 1 aromatic heterocycles. The van der Waals surface area contributed by atoms with Crippen molar-refractivity contribution in [3.8, 4) is 0 Å². The van der Waals surface area contributed by atoms with Crippen molar-refractivity contribution in [1.29, 1.82) is 0 Å². The van der Waals surface area contributed by atoms with Crippen LogP contribution in [0.25, 0.3) is 0 Å². The van der Waals surface area contributed by atoms with Crippen LogP contribution in [0.3, 0.4) is 0 Å². The second-order valence-electron chi connectivity index (χ2n) is 5.85. The van der Waals surface area contributed by atoms with Gasteiger partial charge < -0.3 is 14.8 Å². The molecule has 154 valence electrons. The number of thioether (sulfide) groups is 1. The lowest BCUT2D eigenvalue weighted by Gasteiger charge is -2.18. The molecular formula is C19H26N2O6S. The molecule has 8 nitrogen and oxygen atoms in total. The van der Waals surface area contributed by atoms with E-state index in [0.717, 1.165) is 0 Å². The minimum absolute atomic E-state index is 0.0707. The molecule has 0 fully saturated rings. The fourth-order valence-corrected chi connectivity index (χ4v) is 3.52. The van der Waals surface area contributed by atoms with Crippen LogP contribution in [0.15, 0.2) is 24.5 Å². The van der Waals surface area contributed by atoms with Crippen LogP contribution in [-0.4, -0.2) is 59.4 Å². The van der Waals surface area contributed by atoms with Gasteiger partial charge in [0, 0.05) is 42.3 Å². The minimum Gasteiger partial charge on any atom is -0.466 e. The Kier molecular flexibility index (Phi) is 10.9. The maximum absolute atomic E-state index is 12.8. The summed E-state index contributed by atoms with van der Waals surface area (Å²) in [6.07, 6.45) is 2.94. The van der Waals surface area contributed by atoms with E-state index in [1.54, 1.807) is 32.2 Å². The zero-order valence-electron chi connectivity index (χ0n) is 16.3. The highest BCUT2D eigenvalue weighted by Crippen LogP contribution is 2.19. The van der Waals surface area contributed by atoms with Crippen LogP contribution in [0.2, 0.25) is 0 Å². The molecule has 1 aromatic rings. The first kappa shape index (κ1) is 23.6. The molecule has 0 saturated carbocycles. The third-order valence-electron chi connectivity index (χ3n) is 3.59. The minimum atomic E-state index is -0.820. The number of amides is 1. The summed E-state index contributed by atoms with van der Waals surface area (Å²) in [6, 6.07) is 2.46. The van der Waals surface area contributed by atoms with E-state index >= 15 is 0 Å². The summed E-state index contributed by atoms with van der Waals surface area (Å²) in [4.78, 5) is 51.9. The van der Waals surface area contributed by atoms with Gasteiger partial charge in [-0.15, -0.1) is 0 Å². The van der Waals surface area contributed by atoms with Gasteiger partial charge in [-0.1, -0.05) is 0 Å². The molecule has 1 rings (SSSR count). The lowest BCUT2D eigenvalue weighted by Crippen LogP contribution is -2.42. The monoisotopic (exact) mass is 410 g/mol. The number of ether oxygens (including phenoxy) is 2. The van der Waals surface area contributed by atoms with Gasteiger partial charge >= 0.3 is 11.9 Å². The van der Waals surface area contributed by atoms with Gasteiger partial charge in [0.15, 0.2) is 5.78 Å². The van der Waals surface area contributed by atoms with E-state index < -0.39 is 23.9 Å². The summed E-state index contributed by atoms with van der Waals surface area (Å²) in [5.41, 5.74) is 0.404. The number of rotatable bonds is 12. The molecule has 0 spiro atoms. The van der Waals surface area contributed by atoms with Gasteiger partial charge in [0.2, 0.25) is 5.91 Å². The number of Topliss-reactive ketones (excluding diaryl/α,β-unsaturated/α-hetero) is 1. The lowest BCUT2D eigenvalue weighted by molar-refractivity contribution is -0.146. The first-order valence-electron chi connectivity index (χ1n) is 9.00. The molecule has 0 saturated heterocycles. The molecule has 0 aromatic carbocycles. The first-order chi connectivity index (χ1) is 13.4. The number of nitrogens with one attached hydrogen (secondary N) is 1. The van der Waals surface area contributed by atoms with E-state index in [4.69, 9.17) is 9.47 Å². The number of carbonyl (C=O) groups is 4. The smallest absolute Gasteiger partial charge is 0.329 e. The number of hydrogen-bond acceptors (Lipinski definition) is 8. The highest BCUT2D eigenvalue weighted by atomic mass is 32.2. The van der Waals surface area contributed by atoms with Gasteiger partial charge in [-0.05, 0) is 26.0 Å². The SMILES string of the molecule is CCOC(=O)CC(CSCC(NC(C)=O)C(=O)OCC)C(=O)c1cccnc1. The molecule has 1 heterocycles. The second-order valence-corrected chi connectivity index (χ2v) is 6.93. The van der Waals surface area contributed by atoms with Crippen molar-refractivity contribution in [3.63, 3.8) is 0 Å². The molecule has 0 aliphatic heterocycles. The Bertz CT molecular complexity index is 668. The zero-order valence-corrected chi connectivity index (χ0v) is 17.1. The molecule has 1 N–H and O–H groups in total. The van der Waals surface area contributed by atoms with Gasteiger partial charge in [0.25, 0.3) is 0 Å². The summed E-state index contributed by atoms with van der Waals surface area (Å²) in [5.74, 6) is -1.71. The third kappa shape index (κ3) is 8.51. The van der Waals surface area contributed by atoms with E-state index in [1.807, 2.05) is 0 Å². The molecule has 0 aliphatic rings. The fourth-order valence-electron chi connectivity index (χ4n) is 2.38. The number of hydrogen-bond donors (Lipinski definition) is 1. The van der Waals surface area contributed by atoms with Crippen LogP contribution in [0.1, 0.15) is 37.6 Å². The van der Waals surface area contributed by atoms with Crippen molar-refractivity contribution in [3.05, 3.63) is 30.1 Å². The van der Waals surface area contributed by atoms with Crippen molar-refractivity contribution >= 4 is 35.4 Å². The second kappa shape index (κ2) is 12.9. The van der Waals surface area contributed by atoms with Gasteiger partial charge in [-0.25, -0.2) is 4.79 Å². The average molecular weight is 410 g/mol. The normalized spacial score (nSPS) is 12.5. The molecular weight excluding hydrogens is 384 g/mol. The number of esters is 2. The third-order valence-corrected chi connectivity index (χ3v) is 4.79. The number of ketones is 1. The lowest BCUT2D eigenvalue weighted by atomic mass is 9.97. The predicted molar refractivity (Wildman–Crippen MR) is 105 cm³/mol. The molecule has 1 amide bonds. The van der Waals surface area contributed by atoms with Crippen molar-refractivity contribution in [1.82, 2.24) is 10.3 Å². The first-order valence-corrected chi connectivity index (χ1v) is 10.2. The number of pyridine rings is 1. The van der Waals surface area contributed by atoms with E-state index in [0.29, 0.717) is 5.56 Å². The number of aromatic nitrogens is 1. The van der Waals surface area contributed by atoms with E-state index in [-0.39, 0.29) is 42.8 Å². The summed E-state index contributed by atoms with van der Waals surface area (Å²) < 4.78 is 9.92. The van der Waals surface area contributed by atoms with Crippen molar-refractivity contribution in [2.75, 3.05) is 24.7 Å². The van der Waals surface area contributed by atoms with Gasteiger partial charge in [0.05, 0.1) is 19.6 Å². The number of carbonyl (C=O) groups excluding carboxylic acids is 4. The van der Waals surface area contributed by atoms with Crippen LogP contribution < -0.4 is 5.32 Å². The molecule has 2 unspecified atom stereocenters.